The number of carbonyl (C=O) groups excluding carboxylic acids is 2. The summed E-state index contributed by atoms with van der Waals surface area (Å²) in [7, 11) is 3.98. The molecular formula is C16H17ClN2O5. The van der Waals surface area contributed by atoms with Gasteiger partial charge < -0.3 is 19.9 Å². The van der Waals surface area contributed by atoms with E-state index in [0.717, 1.165) is 0 Å². The van der Waals surface area contributed by atoms with E-state index in [2.05, 4.69) is 4.99 Å². The molecular weight excluding hydrogens is 336 g/mol. The highest BCUT2D eigenvalue weighted by atomic mass is 35.5. The van der Waals surface area contributed by atoms with Crippen LogP contribution < -0.4 is 10.5 Å². The lowest BCUT2D eigenvalue weighted by Crippen LogP contribution is -2.34. The third-order valence-corrected chi connectivity index (χ3v) is 3.89. The largest absolute Gasteiger partial charge is 0.468 e. The Balaban J connectivity index is 2.71. The van der Waals surface area contributed by atoms with Crippen LogP contribution in [0.4, 0.5) is 0 Å². The number of hydrogen-bond donors (Lipinski definition) is 1. The predicted molar refractivity (Wildman–Crippen MR) is 88.0 cm³/mol. The van der Waals surface area contributed by atoms with Gasteiger partial charge in [0.2, 0.25) is 5.88 Å². The molecule has 0 radical (unpaired) electrons. The first kappa shape index (κ1) is 17.8. The van der Waals surface area contributed by atoms with Crippen LogP contribution in [0.1, 0.15) is 11.5 Å². The maximum atomic E-state index is 12.3. The van der Waals surface area contributed by atoms with E-state index in [1.165, 1.54) is 27.5 Å². The molecule has 1 aliphatic heterocycles. The highest BCUT2D eigenvalue weighted by Crippen LogP contribution is 2.43. The summed E-state index contributed by atoms with van der Waals surface area (Å²) in [5.41, 5.74) is 6.44. The van der Waals surface area contributed by atoms with Crippen LogP contribution in [0.15, 0.2) is 34.6 Å². The van der Waals surface area contributed by atoms with E-state index in [0.29, 0.717) is 16.3 Å². The van der Waals surface area contributed by atoms with E-state index < -0.39 is 23.8 Å². The van der Waals surface area contributed by atoms with Gasteiger partial charge >= 0.3 is 11.9 Å². The summed E-state index contributed by atoms with van der Waals surface area (Å²) in [6.45, 7) is 0. The molecule has 0 fully saturated rings. The molecule has 2 rings (SSSR count). The molecule has 1 heterocycles. The van der Waals surface area contributed by atoms with Crippen molar-refractivity contribution in [3.63, 3.8) is 0 Å². The van der Waals surface area contributed by atoms with E-state index in [-0.39, 0.29) is 11.5 Å². The molecule has 24 heavy (non-hydrogen) atoms. The summed E-state index contributed by atoms with van der Waals surface area (Å²) in [5.74, 6) is -2.72. The summed E-state index contributed by atoms with van der Waals surface area (Å²) < 4.78 is 15.1. The number of methoxy groups -OCH3 is 2. The Morgan fingerprint density at radius 1 is 1.38 bits per heavy atom. The molecule has 2 atom stereocenters. The Kier molecular flexibility index (Phi) is 5.46. The summed E-state index contributed by atoms with van der Waals surface area (Å²) in [6, 6.07) is 4.84. The molecule has 128 valence electrons. The van der Waals surface area contributed by atoms with Crippen molar-refractivity contribution in [1.82, 2.24) is 0 Å². The summed E-state index contributed by atoms with van der Waals surface area (Å²) in [5, 5.41) is 0.420. The van der Waals surface area contributed by atoms with Crippen molar-refractivity contribution in [2.45, 2.75) is 5.92 Å². The molecule has 0 aliphatic carbocycles. The third kappa shape index (κ3) is 3.21. The van der Waals surface area contributed by atoms with E-state index in [4.69, 9.17) is 31.5 Å². The highest BCUT2D eigenvalue weighted by Gasteiger charge is 2.42. The molecule has 1 aromatic rings. The lowest BCUT2D eigenvalue weighted by Gasteiger charge is -2.30. The first-order chi connectivity index (χ1) is 11.4. The minimum absolute atomic E-state index is 0.0163. The normalized spacial score (nSPS) is 17.9. The second kappa shape index (κ2) is 7.35. The first-order valence-corrected chi connectivity index (χ1v) is 7.37. The number of aliphatic imine (C=N–C) groups is 1. The van der Waals surface area contributed by atoms with E-state index in [1.54, 1.807) is 18.2 Å². The van der Waals surface area contributed by atoms with Crippen LogP contribution in [0, 0.1) is 5.92 Å². The van der Waals surface area contributed by atoms with Gasteiger partial charge in [0.1, 0.15) is 17.2 Å². The number of nitrogens with two attached hydrogens (primary N) is 1. The molecule has 0 saturated heterocycles. The van der Waals surface area contributed by atoms with Crippen molar-refractivity contribution < 1.29 is 23.8 Å². The Labute approximate surface area is 144 Å². The van der Waals surface area contributed by atoms with Gasteiger partial charge in [-0.15, -0.1) is 0 Å². The van der Waals surface area contributed by atoms with Gasteiger partial charge in [0.15, 0.2) is 0 Å². The molecule has 0 spiro atoms. The van der Waals surface area contributed by atoms with Gasteiger partial charge in [-0.3, -0.25) is 9.79 Å². The lowest BCUT2D eigenvalue weighted by atomic mass is 9.79. The number of benzene rings is 1. The van der Waals surface area contributed by atoms with Gasteiger partial charge in [-0.25, -0.2) is 4.79 Å². The summed E-state index contributed by atoms with van der Waals surface area (Å²) in [6.07, 6.45) is 1.39. The zero-order chi connectivity index (χ0) is 17.9. The lowest BCUT2D eigenvalue weighted by molar-refractivity contribution is -0.143. The van der Waals surface area contributed by atoms with E-state index in [1.807, 2.05) is 0 Å². The average Bonchev–Trinajstić information content (AvgIpc) is 2.58. The smallest absolute Gasteiger partial charge is 0.339 e. The Morgan fingerprint density at radius 2 is 2.08 bits per heavy atom. The van der Waals surface area contributed by atoms with Crippen LogP contribution in [-0.4, -0.2) is 39.4 Å². The van der Waals surface area contributed by atoms with E-state index in [9.17, 15) is 9.59 Å². The fourth-order valence-corrected chi connectivity index (χ4v) is 2.81. The van der Waals surface area contributed by atoms with Crippen molar-refractivity contribution in [3.8, 4) is 5.75 Å². The van der Waals surface area contributed by atoms with Gasteiger partial charge in [0.25, 0.3) is 0 Å². The molecule has 0 bridgehead atoms. The molecule has 0 amide bonds. The number of rotatable bonds is 4. The molecule has 2 unspecified atom stereocenters. The van der Waals surface area contributed by atoms with Crippen LogP contribution in [0.5, 0.6) is 5.75 Å². The zero-order valence-corrected chi connectivity index (χ0v) is 14.2. The molecule has 0 aromatic heterocycles. The minimum atomic E-state index is -0.895. The van der Waals surface area contributed by atoms with Crippen LogP contribution in [0.25, 0.3) is 0 Å². The molecule has 0 saturated carbocycles. The van der Waals surface area contributed by atoms with Crippen LogP contribution in [-0.2, 0) is 19.1 Å². The van der Waals surface area contributed by atoms with Gasteiger partial charge in [-0.2, -0.15) is 0 Å². The average molecular weight is 353 g/mol. The van der Waals surface area contributed by atoms with Crippen molar-refractivity contribution in [2.75, 3.05) is 21.3 Å². The Morgan fingerprint density at radius 3 is 2.67 bits per heavy atom. The SMILES string of the molecule is C/N=C/C(C(=O)OC)C1C(C(=O)OC)=C(N)Oc2ccc(Cl)cc21. The minimum Gasteiger partial charge on any atom is -0.468 e. The number of ether oxygens (including phenoxy) is 3. The predicted octanol–water partition coefficient (Wildman–Crippen LogP) is 1.65. The van der Waals surface area contributed by atoms with Crippen molar-refractivity contribution in [2.24, 2.45) is 16.6 Å². The molecule has 1 aliphatic rings. The second-order valence-corrected chi connectivity index (χ2v) is 5.42. The van der Waals surface area contributed by atoms with Crippen LogP contribution >= 0.6 is 11.6 Å². The highest BCUT2D eigenvalue weighted by molar-refractivity contribution is 6.30. The fourth-order valence-electron chi connectivity index (χ4n) is 2.63. The van der Waals surface area contributed by atoms with E-state index >= 15 is 0 Å². The topological polar surface area (TPSA) is 100 Å². The zero-order valence-electron chi connectivity index (χ0n) is 13.4. The number of halogens is 1. The Bertz CT molecular complexity index is 729. The molecule has 7 nitrogen and oxygen atoms in total. The summed E-state index contributed by atoms with van der Waals surface area (Å²) in [4.78, 5) is 28.4. The molecule has 1 aromatic carbocycles. The third-order valence-electron chi connectivity index (χ3n) is 3.65. The van der Waals surface area contributed by atoms with Crippen molar-refractivity contribution >= 4 is 29.8 Å². The quantitative estimate of drug-likeness (QED) is 0.653. The molecule has 8 heteroatoms. The fraction of sp³-hybridized carbons (Fsp3) is 0.312. The second-order valence-electron chi connectivity index (χ2n) is 4.99. The number of esters is 2. The number of carbonyl (C=O) groups is 2. The van der Waals surface area contributed by atoms with Crippen LogP contribution in [0.3, 0.4) is 0 Å². The van der Waals surface area contributed by atoms with Gasteiger partial charge in [-0.05, 0) is 18.2 Å². The summed E-state index contributed by atoms with van der Waals surface area (Å²) >= 11 is 6.07. The van der Waals surface area contributed by atoms with Gasteiger partial charge in [0, 0.05) is 29.8 Å². The van der Waals surface area contributed by atoms with Gasteiger partial charge in [-0.1, -0.05) is 11.6 Å². The number of hydrogen-bond acceptors (Lipinski definition) is 7. The number of fused-ring (bicyclic) bond motifs is 1. The van der Waals surface area contributed by atoms with Crippen molar-refractivity contribution in [3.05, 3.63) is 40.2 Å². The van der Waals surface area contributed by atoms with Gasteiger partial charge in [0.05, 0.1) is 14.2 Å². The Hall–Kier alpha value is -2.54. The number of nitrogens with zero attached hydrogens (tertiary/aromatic N) is 1. The maximum Gasteiger partial charge on any atom is 0.339 e. The monoisotopic (exact) mass is 352 g/mol. The van der Waals surface area contributed by atoms with Crippen molar-refractivity contribution in [1.29, 1.82) is 0 Å². The van der Waals surface area contributed by atoms with Crippen LogP contribution in [0.2, 0.25) is 5.02 Å². The molecule has 2 N–H and O–H groups in total. The first-order valence-electron chi connectivity index (χ1n) is 7.00. The maximum absolute atomic E-state index is 12.3. The standard InChI is InChI=1S/C16H17ClN2O5/c1-19-7-10(15(20)22-2)12-9-6-8(17)4-5-11(9)24-14(18)13(12)16(21)23-3/h4-7,10,12H,18H2,1-3H3/b19-7+.